The average molecular weight is 252 g/mol. The molecule has 1 N–H and O–H groups in total. The van der Waals surface area contributed by atoms with Gasteiger partial charge in [0.05, 0.1) is 17.8 Å². The van der Waals surface area contributed by atoms with E-state index < -0.39 is 0 Å². The molecule has 0 aliphatic heterocycles. The second kappa shape index (κ2) is 6.23. The molecule has 0 unspecified atom stereocenters. The van der Waals surface area contributed by atoms with Crippen LogP contribution in [0.15, 0.2) is 59.7 Å². The van der Waals surface area contributed by atoms with E-state index in [9.17, 15) is 4.79 Å². The number of rotatable bonds is 4. The lowest BCUT2D eigenvalue weighted by Gasteiger charge is -2.07. The third-order valence-corrected chi connectivity index (χ3v) is 2.54. The lowest BCUT2D eigenvalue weighted by atomic mass is 10.1. The molecule has 0 saturated carbocycles. The number of carbonyl (C=O) groups is 1. The van der Waals surface area contributed by atoms with Crippen molar-refractivity contribution in [1.29, 1.82) is 0 Å². The third kappa shape index (κ3) is 3.59. The molecule has 0 radical (unpaired) electrons. The SMILES string of the molecule is [N-]=[N+]=Nc1ccccc1NC(=O)Cc1ccccc1. The molecule has 94 valence electrons. The predicted octanol–water partition coefficient (Wildman–Crippen LogP) is 3.81. The zero-order valence-corrected chi connectivity index (χ0v) is 10.2. The lowest BCUT2D eigenvalue weighted by molar-refractivity contribution is -0.115. The summed E-state index contributed by atoms with van der Waals surface area (Å²) in [5.41, 5.74) is 10.3. The molecule has 2 aromatic rings. The summed E-state index contributed by atoms with van der Waals surface area (Å²) in [6.07, 6.45) is 0.283. The topological polar surface area (TPSA) is 77.9 Å². The van der Waals surface area contributed by atoms with Crippen molar-refractivity contribution in [3.8, 4) is 0 Å². The van der Waals surface area contributed by atoms with Crippen molar-refractivity contribution in [3.63, 3.8) is 0 Å². The first-order valence-corrected chi connectivity index (χ1v) is 5.77. The lowest BCUT2D eigenvalue weighted by Crippen LogP contribution is -2.14. The van der Waals surface area contributed by atoms with E-state index in [0.29, 0.717) is 11.4 Å². The standard InChI is InChI=1S/C14H12N4O/c15-18-17-13-9-5-4-8-12(13)16-14(19)10-11-6-2-1-3-7-11/h1-9H,10H2,(H,16,19). The molecular formula is C14H12N4O. The number of para-hydroxylation sites is 1. The molecule has 0 aliphatic carbocycles. The van der Waals surface area contributed by atoms with Gasteiger partial charge in [0.15, 0.2) is 0 Å². The normalized spacial score (nSPS) is 9.47. The van der Waals surface area contributed by atoms with Gasteiger partial charge in [-0.25, -0.2) is 0 Å². The molecule has 0 bridgehead atoms. The number of hydrogen-bond donors (Lipinski definition) is 1. The number of hydrogen-bond acceptors (Lipinski definition) is 2. The molecule has 0 fully saturated rings. The summed E-state index contributed by atoms with van der Waals surface area (Å²) >= 11 is 0. The average Bonchev–Trinajstić information content (AvgIpc) is 2.42. The van der Waals surface area contributed by atoms with Crippen LogP contribution in [0.25, 0.3) is 10.4 Å². The van der Waals surface area contributed by atoms with Crippen molar-refractivity contribution in [1.82, 2.24) is 0 Å². The number of nitrogens with one attached hydrogen (secondary N) is 1. The zero-order valence-electron chi connectivity index (χ0n) is 10.2. The van der Waals surface area contributed by atoms with Crippen molar-refractivity contribution in [2.45, 2.75) is 6.42 Å². The monoisotopic (exact) mass is 252 g/mol. The first kappa shape index (κ1) is 12.7. The summed E-state index contributed by atoms with van der Waals surface area (Å²) in [4.78, 5) is 14.6. The van der Waals surface area contributed by atoms with E-state index in [4.69, 9.17) is 5.53 Å². The molecule has 19 heavy (non-hydrogen) atoms. The molecule has 1 amide bonds. The minimum atomic E-state index is -0.146. The molecule has 0 spiro atoms. The van der Waals surface area contributed by atoms with E-state index >= 15 is 0 Å². The predicted molar refractivity (Wildman–Crippen MR) is 74.0 cm³/mol. The Balaban J connectivity index is 2.09. The third-order valence-electron chi connectivity index (χ3n) is 2.54. The summed E-state index contributed by atoms with van der Waals surface area (Å²) in [5, 5.41) is 6.27. The molecule has 5 nitrogen and oxygen atoms in total. The fraction of sp³-hybridized carbons (Fsp3) is 0.0714. The van der Waals surface area contributed by atoms with Gasteiger partial charge in [0, 0.05) is 4.91 Å². The van der Waals surface area contributed by atoms with E-state index in [1.54, 1.807) is 24.3 Å². The van der Waals surface area contributed by atoms with Crippen LogP contribution >= 0.6 is 0 Å². The Morgan fingerprint density at radius 2 is 1.79 bits per heavy atom. The van der Waals surface area contributed by atoms with Crippen molar-refractivity contribution in [2.75, 3.05) is 5.32 Å². The van der Waals surface area contributed by atoms with Crippen LogP contribution in [0.5, 0.6) is 0 Å². The van der Waals surface area contributed by atoms with Gasteiger partial charge in [0.1, 0.15) is 0 Å². The number of anilines is 1. The highest BCUT2D eigenvalue weighted by Gasteiger charge is 2.06. The molecular weight excluding hydrogens is 240 g/mol. The Bertz CT molecular complexity index is 618. The van der Waals surface area contributed by atoms with Gasteiger partial charge in [-0.05, 0) is 17.2 Å². The van der Waals surface area contributed by atoms with Crippen LogP contribution in [0.2, 0.25) is 0 Å². The number of amides is 1. The van der Waals surface area contributed by atoms with E-state index in [-0.39, 0.29) is 12.3 Å². The van der Waals surface area contributed by atoms with Gasteiger partial charge in [-0.1, -0.05) is 53.6 Å². The summed E-state index contributed by atoms with van der Waals surface area (Å²) in [6, 6.07) is 16.3. The quantitative estimate of drug-likeness (QED) is 0.501. The van der Waals surface area contributed by atoms with E-state index in [2.05, 4.69) is 15.3 Å². The van der Waals surface area contributed by atoms with Gasteiger partial charge >= 0.3 is 0 Å². The van der Waals surface area contributed by atoms with Gasteiger partial charge in [-0.3, -0.25) is 4.79 Å². The molecule has 2 rings (SSSR count). The van der Waals surface area contributed by atoms with Gasteiger partial charge in [0.25, 0.3) is 0 Å². The minimum absolute atomic E-state index is 0.146. The fourth-order valence-electron chi connectivity index (χ4n) is 1.69. The highest BCUT2D eigenvalue weighted by atomic mass is 16.1. The Morgan fingerprint density at radius 3 is 2.53 bits per heavy atom. The Labute approximate surface area is 110 Å². The van der Waals surface area contributed by atoms with E-state index in [0.717, 1.165) is 5.56 Å². The van der Waals surface area contributed by atoms with Crippen LogP contribution in [0.1, 0.15) is 5.56 Å². The molecule has 0 aliphatic rings. The first-order valence-electron chi connectivity index (χ1n) is 5.77. The van der Waals surface area contributed by atoms with Crippen LogP contribution in [0.4, 0.5) is 11.4 Å². The van der Waals surface area contributed by atoms with E-state index in [1.807, 2.05) is 30.3 Å². The first-order chi connectivity index (χ1) is 9.29. The van der Waals surface area contributed by atoms with E-state index in [1.165, 1.54) is 0 Å². The molecule has 0 aromatic heterocycles. The summed E-state index contributed by atoms with van der Waals surface area (Å²) in [6.45, 7) is 0. The Hall–Kier alpha value is -2.78. The molecule has 0 saturated heterocycles. The van der Waals surface area contributed by atoms with Crippen molar-refractivity contribution in [2.24, 2.45) is 5.11 Å². The van der Waals surface area contributed by atoms with Gasteiger partial charge in [0.2, 0.25) is 5.91 Å². The fourth-order valence-corrected chi connectivity index (χ4v) is 1.69. The zero-order chi connectivity index (χ0) is 13.5. The van der Waals surface area contributed by atoms with Crippen LogP contribution in [-0.2, 0) is 11.2 Å². The second-order valence-electron chi connectivity index (χ2n) is 3.92. The smallest absolute Gasteiger partial charge is 0.228 e. The van der Waals surface area contributed by atoms with Gasteiger partial charge in [-0.15, -0.1) is 0 Å². The number of carbonyl (C=O) groups excluding carboxylic acids is 1. The maximum Gasteiger partial charge on any atom is 0.228 e. The minimum Gasteiger partial charge on any atom is -0.325 e. The molecule has 2 aromatic carbocycles. The maximum atomic E-state index is 11.9. The van der Waals surface area contributed by atoms with Gasteiger partial charge < -0.3 is 5.32 Å². The molecule has 0 atom stereocenters. The largest absolute Gasteiger partial charge is 0.325 e. The highest BCUT2D eigenvalue weighted by molar-refractivity contribution is 5.94. The summed E-state index contributed by atoms with van der Waals surface area (Å²) in [5.74, 6) is -0.146. The Kier molecular flexibility index (Phi) is 4.16. The summed E-state index contributed by atoms with van der Waals surface area (Å²) in [7, 11) is 0. The second-order valence-corrected chi connectivity index (χ2v) is 3.92. The van der Waals surface area contributed by atoms with Crippen LogP contribution in [-0.4, -0.2) is 5.91 Å². The van der Waals surface area contributed by atoms with Crippen LogP contribution in [0.3, 0.4) is 0 Å². The van der Waals surface area contributed by atoms with Crippen molar-refractivity contribution >= 4 is 17.3 Å². The van der Waals surface area contributed by atoms with Crippen LogP contribution < -0.4 is 5.32 Å². The molecule has 5 heteroatoms. The Morgan fingerprint density at radius 1 is 1.11 bits per heavy atom. The maximum absolute atomic E-state index is 11.9. The van der Waals surface area contributed by atoms with Crippen molar-refractivity contribution < 1.29 is 4.79 Å². The van der Waals surface area contributed by atoms with Crippen molar-refractivity contribution in [3.05, 3.63) is 70.6 Å². The summed E-state index contributed by atoms with van der Waals surface area (Å²) < 4.78 is 0. The number of nitrogens with zero attached hydrogens (tertiary/aromatic N) is 3. The number of azide groups is 1. The highest BCUT2D eigenvalue weighted by Crippen LogP contribution is 2.24. The number of benzene rings is 2. The van der Waals surface area contributed by atoms with Gasteiger partial charge in [-0.2, -0.15) is 0 Å². The van der Waals surface area contributed by atoms with Crippen LogP contribution in [0, 0.1) is 0 Å². The molecule has 0 heterocycles.